The van der Waals surface area contributed by atoms with Gasteiger partial charge >= 0.3 is 0 Å². The average molecular weight is 261 g/mol. The van der Waals surface area contributed by atoms with Crippen LogP contribution in [0.4, 0.5) is 5.69 Å². The van der Waals surface area contributed by atoms with E-state index in [0.29, 0.717) is 0 Å². The minimum atomic E-state index is 0.00968. The van der Waals surface area contributed by atoms with Crippen molar-refractivity contribution in [2.75, 3.05) is 19.0 Å². The lowest BCUT2D eigenvalue weighted by Crippen LogP contribution is -2.15. The predicted molar refractivity (Wildman–Crippen MR) is 78.3 cm³/mol. The summed E-state index contributed by atoms with van der Waals surface area (Å²) in [5, 5.41) is 3.17. The van der Waals surface area contributed by atoms with Gasteiger partial charge in [-0.05, 0) is 24.6 Å². The number of rotatable bonds is 4. The molecule has 1 atom stereocenters. The van der Waals surface area contributed by atoms with Crippen LogP contribution in [0, 0.1) is 6.92 Å². The molecule has 0 saturated heterocycles. The van der Waals surface area contributed by atoms with Gasteiger partial charge in [0.2, 0.25) is 0 Å². The molecule has 0 fully saturated rings. The number of nitrogens with zero attached hydrogens (tertiary/aromatic N) is 2. The number of benzene rings is 1. The van der Waals surface area contributed by atoms with Gasteiger partial charge in [0.05, 0.1) is 5.01 Å². The molecule has 0 saturated carbocycles. The van der Waals surface area contributed by atoms with Crippen LogP contribution in [0.15, 0.2) is 29.6 Å². The number of aromatic nitrogens is 1. The molecule has 0 bridgehead atoms. The molecule has 4 heteroatoms. The van der Waals surface area contributed by atoms with E-state index in [1.165, 1.54) is 5.69 Å². The minimum absolute atomic E-state index is 0.00968. The van der Waals surface area contributed by atoms with E-state index in [0.717, 1.165) is 22.7 Å². The van der Waals surface area contributed by atoms with Crippen LogP contribution in [-0.2, 0) is 6.42 Å². The highest BCUT2D eigenvalue weighted by Crippen LogP contribution is 2.22. The lowest BCUT2D eigenvalue weighted by atomic mass is 10.0. The minimum Gasteiger partial charge on any atom is -0.378 e. The summed E-state index contributed by atoms with van der Waals surface area (Å²) in [7, 11) is 4.07. The summed E-state index contributed by atoms with van der Waals surface area (Å²) in [6.07, 6.45) is 0.801. The molecule has 18 heavy (non-hydrogen) atoms. The van der Waals surface area contributed by atoms with Crippen LogP contribution < -0.4 is 10.6 Å². The van der Waals surface area contributed by atoms with Gasteiger partial charge in [0.1, 0.15) is 0 Å². The maximum Gasteiger partial charge on any atom is 0.0947 e. The third-order valence-corrected chi connectivity index (χ3v) is 3.86. The molecular formula is C14H19N3S. The number of hydrogen-bond acceptors (Lipinski definition) is 4. The monoisotopic (exact) mass is 261 g/mol. The fraction of sp³-hybridized carbons (Fsp3) is 0.357. The van der Waals surface area contributed by atoms with E-state index in [4.69, 9.17) is 5.73 Å². The van der Waals surface area contributed by atoms with Gasteiger partial charge in [0.15, 0.2) is 0 Å². The van der Waals surface area contributed by atoms with Crippen LogP contribution in [-0.4, -0.2) is 19.1 Å². The summed E-state index contributed by atoms with van der Waals surface area (Å²) in [6.45, 7) is 2.01. The van der Waals surface area contributed by atoms with Gasteiger partial charge in [0, 0.05) is 43.3 Å². The Morgan fingerprint density at radius 3 is 2.78 bits per heavy atom. The van der Waals surface area contributed by atoms with E-state index in [2.05, 4.69) is 39.5 Å². The smallest absolute Gasteiger partial charge is 0.0947 e. The van der Waals surface area contributed by atoms with Crippen LogP contribution >= 0.6 is 11.3 Å². The molecule has 1 aromatic carbocycles. The fourth-order valence-electron chi connectivity index (χ4n) is 1.84. The van der Waals surface area contributed by atoms with Crippen molar-refractivity contribution in [3.05, 3.63) is 45.9 Å². The zero-order chi connectivity index (χ0) is 13.1. The second-order valence-electron chi connectivity index (χ2n) is 4.68. The molecule has 1 heterocycles. The quantitative estimate of drug-likeness (QED) is 0.920. The van der Waals surface area contributed by atoms with Gasteiger partial charge in [-0.1, -0.05) is 12.1 Å². The van der Waals surface area contributed by atoms with Crippen molar-refractivity contribution < 1.29 is 0 Å². The zero-order valence-electron chi connectivity index (χ0n) is 11.1. The molecule has 1 unspecified atom stereocenters. The summed E-state index contributed by atoms with van der Waals surface area (Å²) in [4.78, 5) is 6.55. The Morgan fingerprint density at radius 2 is 2.17 bits per heavy atom. The molecule has 0 aliphatic heterocycles. The maximum atomic E-state index is 6.25. The first kappa shape index (κ1) is 13.1. The normalized spacial score (nSPS) is 12.4. The largest absolute Gasteiger partial charge is 0.378 e. The molecule has 2 aromatic rings. The first-order valence-corrected chi connectivity index (χ1v) is 6.88. The summed E-state index contributed by atoms with van der Waals surface area (Å²) in [5.74, 6) is 0. The van der Waals surface area contributed by atoms with Gasteiger partial charge in [-0.3, -0.25) is 0 Å². The van der Waals surface area contributed by atoms with Crippen molar-refractivity contribution in [1.29, 1.82) is 0 Å². The first-order chi connectivity index (χ1) is 8.56. The second kappa shape index (κ2) is 5.50. The van der Waals surface area contributed by atoms with Gasteiger partial charge < -0.3 is 10.6 Å². The molecule has 0 aliphatic carbocycles. The number of nitrogens with two attached hydrogens (primary N) is 1. The van der Waals surface area contributed by atoms with Crippen molar-refractivity contribution in [3.8, 4) is 0 Å². The van der Waals surface area contributed by atoms with E-state index in [1.54, 1.807) is 11.3 Å². The summed E-state index contributed by atoms with van der Waals surface area (Å²) in [6, 6.07) is 8.38. The summed E-state index contributed by atoms with van der Waals surface area (Å²) in [5.41, 5.74) is 9.67. The number of anilines is 1. The van der Waals surface area contributed by atoms with Crippen molar-refractivity contribution in [2.45, 2.75) is 19.4 Å². The molecule has 0 amide bonds. The van der Waals surface area contributed by atoms with Crippen LogP contribution in [0.3, 0.4) is 0 Å². The molecule has 96 valence electrons. The topological polar surface area (TPSA) is 42.1 Å². The van der Waals surface area contributed by atoms with Gasteiger partial charge in [-0.15, -0.1) is 11.3 Å². The lowest BCUT2D eigenvalue weighted by Gasteiger charge is -2.16. The maximum absolute atomic E-state index is 6.25. The van der Waals surface area contributed by atoms with Crippen LogP contribution in [0.1, 0.15) is 22.3 Å². The standard InChI is InChI=1S/C14H19N3S/c1-10-9-18-14(16-10)8-13(15)11-5-4-6-12(7-11)17(2)3/h4-7,9,13H,8,15H2,1-3H3. The van der Waals surface area contributed by atoms with Crippen LogP contribution in [0.2, 0.25) is 0 Å². The van der Waals surface area contributed by atoms with Gasteiger partial charge in [-0.2, -0.15) is 0 Å². The molecule has 1 aromatic heterocycles. The lowest BCUT2D eigenvalue weighted by molar-refractivity contribution is 0.716. The molecule has 2 rings (SSSR count). The Kier molecular flexibility index (Phi) is 3.99. The Balaban J connectivity index is 2.13. The Bertz CT molecular complexity index is 519. The first-order valence-electron chi connectivity index (χ1n) is 6.00. The van der Waals surface area contributed by atoms with E-state index in [1.807, 2.05) is 21.0 Å². The van der Waals surface area contributed by atoms with Crippen molar-refractivity contribution in [3.63, 3.8) is 0 Å². The number of aryl methyl sites for hydroxylation is 1. The molecule has 0 radical (unpaired) electrons. The Morgan fingerprint density at radius 1 is 1.39 bits per heavy atom. The van der Waals surface area contributed by atoms with E-state index >= 15 is 0 Å². The highest BCUT2D eigenvalue weighted by molar-refractivity contribution is 7.09. The van der Waals surface area contributed by atoms with Crippen molar-refractivity contribution in [2.24, 2.45) is 5.73 Å². The third kappa shape index (κ3) is 3.09. The highest BCUT2D eigenvalue weighted by Gasteiger charge is 2.10. The molecule has 3 nitrogen and oxygen atoms in total. The number of thiazole rings is 1. The summed E-state index contributed by atoms with van der Waals surface area (Å²) < 4.78 is 0. The fourth-order valence-corrected chi connectivity index (χ4v) is 2.67. The van der Waals surface area contributed by atoms with E-state index < -0.39 is 0 Å². The van der Waals surface area contributed by atoms with Crippen molar-refractivity contribution >= 4 is 17.0 Å². The Hall–Kier alpha value is -1.39. The number of hydrogen-bond donors (Lipinski definition) is 1. The van der Waals surface area contributed by atoms with E-state index in [9.17, 15) is 0 Å². The van der Waals surface area contributed by atoms with Crippen LogP contribution in [0.5, 0.6) is 0 Å². The van der Waals surface area contributed by atoms with Gasteiger partial charge in [-0.25, -0.2) is 4.98 Å². The predicted octanol–water partition coefficient (Wildman–Crippen LogP) is 2.76. The molecule has 0 aliphatic rings. The molecule has 2 N–H and O–H groups in total. The zero-order valence-corrected chi connectivity index (χ0v) is 11.9. The van der Waals surface area contributed by atoms with Crippen LogP contribution in [0.25, 0.3) is 0 Å². The molecule has 0 spiro atoms. The highest BCUT2D eigenvalue weighted by atomic mass is 32.1. The SMILES string of the molecule is Cc1csc(CC(N)c2cccc(N(C)C)c2)n1. The molecular weight excluding hydrogens is 242 g/mol. The average Bonchev–Trinajstić information content (AvgIpc) is 2.75. The second-order valence-corrected chi connectivity index (χ2v) is 5.63. The van der Waals surface area contributed by atoms with E-state index in [-0.39, 0.29) is 6.04 Å². The van der Waals surface area contributed by atoms with Gasteiger partial charge in [0.25, 0.3) is 0 Å². The summed E-state index contributed by atoms with van der Waals surface area (Å²) >= 11 is 1.68. The third-order valence-electron chi connectivity index (χ3n) is 2.88. The Labute approximate surface area is 112 Å². The van der Waals surface area contributed by atoms with Crippen molar-refractivity contribution in [1.82, 2.24) is 4.98 Å².